The highest BCUT2D eigenvalue weighted by Gasteiger charge is 2.34. The SMILES string of the molecule is COc1cc(O)c(C2CC(CN)CN2C)c(Cl)c1OC. The number of nitrogens with zero attached hydrogens (tertiary/aromatic N) is 1. The first kappa shape index (κ1) is 15.2. The number of benzene rings is 1. The number of likely N-dealkylation sites (tertiary alicyclic amines) is 1. The summed E-state index contributed by atoms with van der Waals surface area (Å²) >= 11 is 6.41. The Morgan fingerprint density at radius 1 is 1.45 bits per heavy atom. The highest BCUT2D eigenvalue weighted by atomic mass is 35.5. The molecule has 0 bridgehead atoms. The van der Waals surface area contributed by atoms with Crippen LogP contribution in [0.4, 0.5) is 0 Å². The number of nitrogens with two attached hydrogens (primary N) is 1. The molecule has 112 valence electrons. The smallest absolute Gasteiger partial charge is 0.180 e. The molecule has 1 fully saturated rings. The Kier molecular flexibility index (Phi) is 4.62. The number of ether oxygens (including phenoxy) is 2. The van der Waals surface area contributed by atoms with Gasteiger partial charge in [-0.2, -0.15) is 0 Å². The van der Waals surface area contributed by atoms with E-state index in [9.17, 15) is 5.11 Å². The highest BCUT2D eigenvalue weighted by Crippen LogP contribution is 2.48. The summed E-state index contributed by atoms with van der Waals surface area (Å²) in [5, 5.41) is 10.7. The van der Waals surface area contributed by atoms with Crippen molar-refractivity contribution in [3.05, 3.63) is 16.7 Å². The van der Waals surface area contributed by atoms with E-state index in [0.717, 1.165) is 13.0 Å². The van der Waals surface area contributed by atoms with Crippen LogP contribution in [-0.2, 0) is 0 Å². The number of aromatic hydroxyl groups is 1. The summed E-state index contributed by atoms with van der Waals surface area (Å²) in [6.07, 6.45) is 0.871. The van der Waals surface area contributed by atoms with Crippen molar-refractivity contribution in [3.63, 3.8) is 0 Å². The van der Waals surface area contributed by atoms with Gasteiger partial charge in [0, 0.05) is 24.2 Å². The molecule has 0 radical (unpaired) electrons. The van der Waals surface area contributed by atoms with Crippen LogP contribution in [0.2, 0.25) is 5.02 Å². The Morgan fingerprint density at radius 2 is 2.15 bits per heavy atom. The zero-order chi connectivity index (χ0) is 14.9. The van der Waals surface area contributed by atoms with E-state index >= 15 is 0 Å². The van der Waals surface area contributed by atoms with Crippen molar-refractivity contribution in [1.82, 2.24) is 4.90 Å². The van der Waals surface area contributed by atoms with Crippen LogP contribution in [0.15, 0.2) is 6.07 Å². The lowest BCUT2D eigenvalue weighted by atomic mass is 9.98. The molecule has 0 aliphatic carbocycles. The lowest BCUT2D eigenvalue weighted by Gasteiger charge is -2.23. The molecule has 2 rings (SSSR count). The summed E-state index contributed by atoms with van der Waals surface area (Å²) in [4.78, 5) is 2.16. The second-order valence-corrected chi connectivity index (χ2v) is 5.53. The third-order valence-electron chi connectivity index (χ3n) is 3.93. The highest BCUT2D eigenvalue weighted by molar-refractivity contribution is 6.33. The second kappa shape index (κ2) is 6.08. The molecule has 0 aromatic heterocycles. The number of phenols is 1. The van der Waals surface area contributed by atoms with E-state index in [0.29, 0.717) is 34.5 Å². The molecule has 0 amide bonds. The van der Waals surface area contributed by atoms with Crippen LogP contribution in [0.3, 0.4) is 0 Å². The molecule has 1 aromatic rings. The molecular weight excluding hydrogens is 280 g/mol. The van der Waals surface area contributed by atoms with Crippen molar-refractivity contribution >= 4 is 11.6 Å². The van der Waals surface area contributed by atoms with Crippen LogP contribution < -0.4 is 15.2 Å². The zero-order valence-electron chi connectivity index (χ0n) is 12.0. The quantitative estimate of drug-likeness (QED) is 0.890. The molecule has 2 atom stereocenters. The topological polar surface area (TPSA) is 68.0 Å². The fourth-order valence-electron chi connectivity index (χ4n) is 2.88. The van der Waals surface area contributed by atoms with Crippen molar-refractivity contribution in [2.75, 3.05) is 34.4 Å². The van der Waals surface area contributed by atoms with E-state index < -0.39 is 0 Å². The lowest BCUT2D eigenvalue weighted by molar-refractivity contribution is 0.301. The number of rotatable bonds is 4. The summed E-state index contributed by atoms with van der Waals surface area (Å²) in [7, 11) is 5.05. The zero-order valence-corrected chi connectivity index (χ0v) is 12.8. The maximum absolute atomic E-state index is 10.3. The Bertz CT molecular complexity index is 496. The summed E-state index contributed by atoms with van der Waals surface area (Å²) in [6.45, 7) is 1.53. The van der Waals surface area contributed by atoms with E-state index in [4.69, 9.17) is 26.8 Å². The van der Waals surface area contributed by atoms with Gasteiger partial charge in [0.25, 0.3) is 0 Å². The molecule has 1 saturated heterocycles. The predicted octanol–water partition coefficient (Wildman–Crippen LogP) is 2.01. The number of hydrogen-bond acceptors (Lipinski definition) is 5. The van der Waals surface area contributed by atoms with Crippen molar-refractivity contribution in [2.24, 2.45) is 11.7 Å². The van der Waals surface area contributed by atoms with Gasteiger partial charge in [0.1, 0.15) is 5.75 Å². The molecule has 1 aliphatic rings. The second-order valence-electron chi connectivity index (χ2n) is 5.15. The minimum absolute atomic E-state index is 0.0378. The molecule has 0 spiro atoms. The van der Waals surface area contributed by atoms with Gasteiger partial charge >= 0.3 is 0 Å². The van der Waals surface area contributed by atoms with E-state index in [1.165, 1.54) is 14.2 Å². The molecule has 5 nitrogen and oxygen atoms in total. The van der Waals surface area contributed by atoms with Crippen molar-refractivity contribution < 1.29 is 14.6 Å². The molecule has 1 heterocycles. The summed E-state index contributed by atoms with van der Waals surface area (Å²) in [5.74, 6) is 1.41. The Labute approximate surface area is 124 Å². The average Bonchev–Trinajstić information content (AvgIpc) is 2.79. The van der Waals surface area contributed by atoms with Gasteiger partial charge in [-0.1, -0.05) is 11.6 Å². The molecule has 1 aliphatic heterocycles. The van der Waals surface area contributed by atoms with Crippen molar-refractivity contribution in [1.29, 1.82) is 0 Å². The maximum Gasteiger partial charge on any atom is 0.180 e. The number of halogens is 1. The monoisotopic (exact) mass is 300 g/mol. The van der Waals surface area contributed by atoms with Gasteiger partial charge < -0.3 is 20.3 Å². The predicted molar refractivity (Wildman–Crippen MR) is 78.8 cm³/mol. The molecule has 0 saturated carbocycles. The van der Waals surface area contributed by atoms with Gasteiger partial charge in [-0.05, 0) is 25.9 Å². The lowest BCUT2D eigenvalue weighted by Crippen LogP contribution is -2.21. The van der Waals surface area contributed by atoms with E-state index in [2.05, 4.69) is 4.90 Å². The Balaban J connectivity index is 2.47. The maximum atomic E-state index is 10.3. The first-order valence-electron chi connectivity index (χ1n) is 6.57. The van der Waals surface area contributed by atoms with Gasteiger partial charge in [-0.3, -0.25) is 4.90 Å². The third-order valence-corrected chi connectivity index (χ3v) is 4.30. The number of methoxy groups -OCH3 is 2. The molecule has 20 heavy (non-hydrogen) atoms. The number of hydrogen-bond donors (Lipinski definition) is 2. The average molecular weight is 301 g/mol. The number of phenolic OH excluding ortho intramolecular Hbond substituents is 1. The molecular formula is C14H21ClN2O3. The van der Waals surface area contributed by atoms with E-state index in [-0.39, 0.29) is 11.8 Å². The molecule has 6 heteroatoms. The minimum Gasteiger partial charge on any atom is -0.507 e. The standard InChI is InChI=1S/C14H21ClN2O3/c1-17-7-8(6-16)4-9(17)12-10(18)5-11(19-2)14(20-3)13(12)15/h5,8-9,18H,4,6-7,16H2,1-3H3. The molecule has 2 unspecified atom stereocenters. The first-order chi connectivity index (χ1) is 9.53. The van der Waals surface area contributed by atoms with Gasteiger partial charge in [-0.25, -0.2) is 0 Å². The van der Waals surface area contributed by atoms with Crippen LogP contribution in [0, 0.1) is 5.92 Å². The van der Waals surface area contributed by atoms with Crippen molar-refractivity contribution in [2.45, 2.75) is 12.5 Å². The molecule has 3 N–H and O–H groups in total. The summed E-state index contributed by atoms with van der Waals surface area (Å²) in [5.41, 5.74) is 6.43. The molecule has 1 aromatic carbocycles. The van der Waals surface area contributed by atoms with Crippen LogP contribution in [0.25, 0.3) is 0 Å². The normalized spacial score (nSPS) is 23.1. The van der Waals surface area contributed by atoms with E-state index in [1.807, 2.05) is 7.05 Å². The van der Waals surface area contributed by atoms with Gasteiger partial charge in [0.05, 0.1) is 19.2 Å². The van der Waals surface area contributed by atoms with E-state index in [1.54, 1.807) is 6.07 Å². The third kappa shape index (κ3) is 2.53. The Hall–Kier alpha value is -1.17. The summed E-state index contributed by atoms with van der Waals surface area (Å²) < 4.78 is 10.5. The largest absolute Gasteiger partial charge is 0.507 e. The van der Waals surface area contributed by atoms with Crippen LogP contribution in [0.1, 0.15) is 18.0 Å². The van der Waals surface area contributed by atoms with Crippen LogP contribution in [-0.4, -0.2) is 44.4 Å². The Morgan fingerprint density at radius 3 is 2.65 bits per heavy atom. The van der Waals surface area contributed by atoms with Gasteiger partial charge in [-0.15, -0.1) is 0 Å². The van der Waals surface area contributed by atoms with Crippen LogP contribution in [0.5, 0.6) is 17.2 Å². The fraction of sp³-hybridized carbons (Fsp3) is 0.571. The van der Waals surface area contributed by atoms with Crippen molar-refractivity contribution in [3.8, 4) is 17.2 Å². The minimum atomic E-state index is 0.0378. The summed E-state index contributed by atoms with van der Waals surface area (Å²) in [6, 6.07) is 1.58. The van der Waals surface area contributed by atoms with Crippen LogP contribution >= 0.6 is 11.6 Å². The van der Waals surface area contributed by atoms with Gasteiger partial charge in [0.15, 0.2) is 11.5 Å². The van der Waals surface area contributed by atoms with Gasteiger partial charge in [0.2, 0.25) is 0 Å². The fourth-order valence-corrected chi connectivity index (χ4v) is 3.28. The first-order valence-corrected chi connectivity index (χ1v) is 6.94.